The summed E-state index contributed by atoms with van der Waals surface area (Å²) in [6, 6.07) is 21.5. The number of halogens is 1. The van der Waals surface area contributed by atoms with Crippen LogP contribution in [0.4, 0.5) is 11.4 Å². The Balaban J connectivity index is 1.46. The van der Waals surface area contributed by atoms with Crippen LogP contribution in [0.1, 0.15) is 32.3 Å². The molecule has 0 saturated carbocycles. The van der Waals surface area contributed by atoms with Gasteiger partial charge in [-0.05, 0) is 66.9 Å². The molecular weight excluding hydrogens is 440 g/mol. The molecule has 0 aliphatic heterocycles. The third kappa shape index (κ3) is 7.26. The van der Waals surface area contributed by atoms with E-state index in [2.05, 4.69) is 24.5 Å². The minimum Gasteiger partial charge on any atom is -0.484 e. The lowest BCUT2D eigenvalue weighted by Crippen LogP contribution is -2.30. The first-order valence-electron chi connectivity index (χ1n) is 10.7. The summed E-state index contributed by atoms with van der Waals surface area (Å²) in [5, 5.41) is 5.98. The number of hydrogen-bond acceptors (Lipinski definition) is 4. The molecule has 0 aliphatic rings. The Morgan fingerprint density at radius 2 is 1.45 bits per heavy atom. The SMILES string of the molecule is CC(Oc1ccccc1Cl)C(=O)Nc1ccc(NC(=O)COc2ccc(C(C)C)cc2)cc1. The van der Waals surface area contributed by atoms with Gasteiger partial charge in [0, 0.05) is 11.4 Å². The monoisotopic (exact) mass is 466 g/mol. The highest BCUT2D eigenvalue weighted by molar-refractivity contribution is 6.32. The van der Waals surface area contributed by atoms with Crippen LogP contribution in [-0.4, -0.2) is 24.5 Å². The molecule has 0 fully saturated rings. The standard InChI is InChI=1S/C26H27ClN2O4/c1-17(2)19-8-14-22(15-9-19)32-16-25(30)28-20-10-12-21(13-11-20)29-26(31)18(3)33-24-7-5-4-6-23(24)27/h4-15,17-18H,16H2,1-3H3,(H,28,30)(H,29,31). The molecule has 0 bridgehead atoms. The number of carbonyl (C=O) groups is 2. The van der Waals surface area contributed by atoms with Crippen molar-refractivity contribution in [2.75, 3.05) is 17.2 Å². The number of anilines is 2. The summed E-state index contributed by atoms with van der Waals surface area (Å²) in [7, 11) is 0. The number of rotatable bonds is 9. The van der Waals surface area contributed by atoms with Crippen LogP contribution < -0.4 is 20.1 Å². The normalized spacial score (nSPS) is 11.5. The van der Waals surface area contributed by atoms with Crippen molar-refractivity contribution in [2.24, 2.45) is 0 Å². The van der Waals surface area contributed by atoms with E-state index in [-0.39, 0.29) is 18.4 Å². The first-order valence-corrected chi connectivity index (χ1v) is 11.0. The molecule has 0 aromatic heterocycles. The third-order valence-corrected chi connectivity index (χ3v) is 5.17. The van der Waals surface area contributed by atoms with E-state index in [1.165, 1.54) is 5.56 Å². The molecule has 3 aromatic carbocycles. The molecule has 0 spiro atoms. The maximum Gasteiger partial charge on any atom is 0.265 e. The van der Waals surface area contributed by atoms with Crippen molar-refractivity contribution < 1.29 is 19.1 Å². The highest BCUT2D eigenvalue weighted by atomic mass is 35.5. The summed E-state index contributed by atoms with van der Waals surface area (Å²) in [4.78, 5) is 24.6. The van der Waals surface area contributed by atoms with Crippen LogP contribution in [0.25, 0.3) is 0 Å². The number of amides is 2. The molecule has 6 nitrogen and oxygen atoms in total. The van der Waals surface area contributed by atoms with Gasteiger partial charge in [0.05, 0.1) is 5.02 Å². The van der Waals surface area contributed by atoms with E-state index in [0.29, 0.717) is 33.8 Å². The van der Waals surface area contributed by atoms with Crippen LogP contribution in [0.15, 0.2) is 72.8 Å². The van der Waals surface area contributed by atoms with Crippen LogP contribution in [-0.2, 0) is 9.59 Å². The summed E-state index contributed by atoms with van der Waals surface area (Å²) in [6.45, 7) is 5.78. The Hall–Kier alpha value is -3.51. The lowest BCUT2D eigenvalue weighted by atomic mass is 10.0. The Labute approximate surface area is 198 Å². The molecule has 0 radical (unpaired) electrons. The van der Waals surface area contributed by atoms with Gasteiger partial charge in [-0.15, -0.1) is 0 Å². The maximum absolute atomic E-state index is 12.4. The van der Waals surface area contributed by atoms with Gasteiger partial charge in [0.1, 0.15) is 11.5 Å². The molecule has 2 N–H and O–H groups in total. The zero-order valence-electron chi connectivity index (χ0n) is 18.8. The zero-order valence-corrected chi connectivity index (χ0v) is 19.6. The molecule has 3 rings (SSSR count). The van der Waals surface area contributed by atoms with Crippen molar-refractivity contribution in [2.45, 2.75) is 32.8 Å². The van der Waals surface area contributed by atoms with Gasteiger partial charge < -0.3 is 20.1 Å². The van der Waals surface area contributed by atoms with Gasteiger partial charge in [0.2, 0.25) is 0 Å². The van der Waals surface area contributed by atoms with E-state index in [9.17, 15) is 9.59 Å². The molecule has 1 atom stereocenters. The van der Waals surface area contributed by atoms with Gasteiger partial charge in [-0.25, -0.2) is 0 Å². The van der Waals surface area contributed by atoms with Crippen molar-refractivity contribution in [3.63, 3.8) is 0 Å². The number of benzene rings is 3. The van der Waals surface area contributed by atoms with E-state index in [1.807, 2.05) is 24.3 Å². The molecule has 3 aromatic rings. The third-order valence-electron chi connectivity index (χ3n) is 4.86. The molecule has 172 valence electrons. The van der Waals surface area contributed by atoms with Crippen molar-refractivity contribution in [1.29, 1.82) is 0 Å². The second-order valence-electron chi connectivity index (χ2n) is 7.82. The molecule has 0 aliphatic carbocycles. The Morgan fingerprint density at radius 1 is 0.848 bits per heavy atom. The lowest BCUT2D eigenvalue weighted by Gasteiger charge is -2.16. The molecular formula is C26H27ClN2O4. The van der Waals surface area contributed by atoms with Gasteiger partial charge in [-0.1, -0.05) is 49.7 Å². The predicted octanol–water partition coefficient (Wildman–Crippen LogP) is 5.89. The van der Waals surface area contributed by atoms with Crippen molar-refractivity contribution in [3.8, 4) is 11.5 Å². The summed E-state index contributed by atoms with van der Waals surface area (Å²) in [5.41, 5.74) is 2.38. The van der Waals surface area contributed by atoms with Gasteiger partial charge in [-0.3, -0.25) is 9.59 Å². The van der Waals surface area contributed by atoms with Crippen LogP contribution in [0, 0.1) is 0 Å². The first-order chi connectivity index (χ1) is 15.8. The quantitative estimate of drug-likeness (QED) is 0.412. The van der Waals surface area contributed by atoms with E-state index >= 15 is 0 Å². The molecule has 0 heterocycles. The molecule has 33 heavy (non-hydrogen) atoms. The molecule has 0 saturated heterocycles. The minimum atomic E-state index is -0.740. The predicted molar refractivity (Wildman–Crippen MR) is 131 cm³/mol. The highest BCUT2D eigenvalue weighted by Gasteiger charge is 2.16. The number of para-hydroxylation sites is 1. The van der Waals surface area contributed by atoms with Crippen molar-refractivity contribution in [3.05, 3.63) is 83.4 Å². The Morgan fingerprint density at radius 3 is 2.06 bits per heavy atom. The van der Waals surface area contributed by atoms with Crippen LogP contribution in [0.2, 0.25) is 5.02 Å². The second kappa shape index (κ2) is 11.4. The number of nitrogens with one attached hydrogen (secondary N) is 2. The average Bonchev–Trinajstić information content (AvgIpc) is 2.80. The van der Waals surface area contributed by atoms with E-state index in [1.54, 1.807) is 55.5 Å². The van der Waals surface area contributed by atoms with Gasteiger partial charge in [0.25, 0.3) is 11.8 Å². The topological polar surface area (TPSA) is 76.7 Å². The fourth-order valence-corrected chi connectivity index (χ4v) is 3.14. The first kappa shape index (κ1) is 24.1. The van der Waals surface area contributed by atoms with Crippen molar-refractivity contribution >= 4 is 34.8 Å². The summed E-state index contributed by atoms with van der Waals surface area (Å²) in [6.07, 6.45) is -0.740. The van der Waals surface area contributed by atoms with Crippen molar-refractivity contribution in [1.82, 2.24) is 0 Å². The Bertz CT molecular complexity index is 1080. The number of carbonyl (C=O) groups excluding carboxylic acids is 2. The van der Waals surface area contributed by atoms with E-state index < -0.39 is 6.10 Å². The summed E-state index contributed by atoms with van der Waals surface area (Å²) >= 11 is 6.07. The molecule has 7 heteroatoms. The zero-order chi connectivity index (χ0) is 23.8. The van der Waals surface area contributed by atoms with Crippen LogP contribution in [0.5, 0.6) is 11.5 Å². The van der Waals surface area contributed by atoms with Crippen LogP contribution >= 0.6 is 11.6 Å². The number of hydrogen-bond donors (Lipinski definition) is 2. The van der Waals surface area contributed by atoms with Gasteiger partial charge in [-0.2, -0.15) is 0 Å². The second-order valence-corrected chi connectivity index (χ2v) is 8.22. The largest absolute Gasteiger partial charge is 0.484 e. The fraction of sp³-hybridized carbons (Fsp3) is 0.231. The van der Waals surface area contributed by atoms with E-state index in [0.717, 1.165) is 0 Å². The summed E-state index contributed by atoms with van der Waals surface area (Å²) in [5.74, 6) is 0.928. The number of ether oxygens (including phenoxy) is 2. The smallest absolute Gasteiger partial charge is 0.265 e. The summed E-state index contributed by atoms with van der Waals surface area (Å²) < 4.78 is 11.2. The minimum absolute atomic E-state index is 0.101. The lowest BCUT2D eigenvalue weighted by molar-refractivity contribution is -0.122. The van der Waals surface area contributed by atoms with E-state index in [4.69, 9.17) is 21.1 Å². The molecule has 1 unspecified atom stereocenters. The average molecular weight is 467 g/mol. The molecule has 2 amide bonds. The Kier molecular flexibility index (Phi) is 8.33. The van der Waals surface area contributed by atoms with Gasteiger partial charge >= 0.3 is 0 Å². The fourth-order valence-electron chi connectivity index (χ4n) is 2.96. The van der Waals surface area contributed by atoms with Gasteiger partial charge in [0.15, 0.2) is 12.7 Å². The highest BCUT2D eigenvalue weighted by Crippen LogP contribution is 2.24. The van der Waals surface area contributed by atoms with Crippen LogP contribution in [0.3, 0.4) is 0 Å². The maximum atomic E-state index is 12.4.